The Labute approximate surface area is 141 Å². The van der Waals surface area contributed by atoms with Crippen LogP contribution in [-0.2, 0) is 4.79 Å². The van der Waals surface area contributed by atoms with Gasteiger partial charge in [-0.1, -0.05) is 0 Å². The van der Waals surface area contributed by atoms with Gasteiger partial charge in [0, 0.05) is 10.2 Å². The number of nitrogens with one attached hydrogen (secondary N) is 1. The van der Waals surface area contributed by atoms with Gasteiger partial charge in [-0.15, -0.1) is 0 Å². The zero-order chi connectivity index (χ0) is 16.8. The second-order valence-electron chi connectivity index (χ2n) is 4.58. The molecular weight excluding hydrogens is 364 g/mol. The van der Waals surface area contributed by atoms with Crippen molar-refractivity contribution in [1.29, 1.82) is 0 Å². The summed E-state index contributed by atoms with van der Waals surface area (Å²) >= 11 is 3.34. The van der Waals surface area contributed by atoms with Gasteiger partial charge in [0.05, 0.1) is 12.7 Å². The maximum atomic E-state index is 12.3. The van der Waals surface area contributed by atoms with Crippen LogP contribution in [0.4, 0.5) is 5.69 Å². The number of benzene rings is 2. The third-order valence-corrected chi connectivity index (χ3v) is 3.60. The molecule has 0 aliphatic heterocycles. The number of anilines is 1. The number of methoxy groups -OCH3 is 1. The van der Waals surface area contributed by atoms with E-state index in [1.165, 1.54) is 7.11 Å². The number of amides is 2. The molecule has 0 aliphatic rings. The molecule has 0 spiro atoms. The Morgan fingerprint density at radius 3 is 2.39 bits per heavy atom. The molecule has 0 bridgehead atoms. The lowest BCUT2D eigenvalue weighted by Gasteiger charge is -2.09. The van der Waals surface area contributed by atoms with Crippen molar-refractivity contribution in [2.24, 2.45) is 5.73 Å². The highest BCUT2D eigenvalue weighted by atomic mass is 79.9. The number of ether oxygens (including phenoxy) is 2. The van der Waals surface area contributed by atoms with Crippen LogP contribution < -0.4 is 20.5 Å². The van der Waals surface area contributed by atoms with E-state index < -0.39 is 5.91 Å². The molecule has 120 valence electrons. The number of primary amides is 1. The maximum Gasteiger partial charge on any atom is 0.256 e. The Morgan fingerprint density at radius 2 is 1.78 bits per heavy atom. The van der Waals surface area contributed by atoms with Gasteiger partial charge in [-0.05, 0) is 58.4 Å². The molecule has 0 unspecified atom stereocenters. The second-order valence-corrected chi connectivity index (χ2v) is 5.43. The molecule has 0 aromatic heterocycles. The lowest BCUT2D eigenvalue weighted by molar-refractivity contribution is -0.119. The topological polar surface area (TPSA) is 90.7 Å². The molecule has 0 fully saturated rings. The van der Waals surface area contributed by atoms with E-state index in [9.17, 15) is 9.59 Å². The quantitative estimate of drug-likeness (QED) is 0.807. The minimum Gasteiger partial charge on any atom is -0.497 e. The standard InChI is InChI=1S/C16H15BrN2O4/c1-22-12-6-7-14(17)13(8-12)16(21)19-10-2-4-11(5-3-10)23-9-15(18)20/h2-8H,9H2,1H3,(H2,18,20)(H,19,21). The van der Waals surface area contributed by atoms with Crippen LogP contribution in [0.3, 0.4) is 0 Å². The van der Waals surface area contributed by atoms with Crippen molar-refractivity contribution in [2.45, 2.75) is 0 Å². The summed E-state index contributed by atoms with van der Waals surface area (Å²) in [5.74, 6) is 0.254. The van der Waals surface area contributed by atoms with E-state index in [0.29, 0.717) is 27.2 Å². The Morgan fingerprint density at radius 1 is 1.13 bits per heavy atom. The molecule has 2 aromatic rings. The van der Waals surface area contributed by atoms with E-state index in [4.69, 9.17) is 15.2 Å². The molecule has 0 radical (unpaired) electrons. The number of halogens is 1. The number of hydrogen-bond acceptors (Lipinski definition) is 4. The van der Waals surface area contributed by atoms with Gasteiger partial charge >= 0.3 is 0 Å². The minimum atomic E-state index is -0.551. The summed E-state index contributed by atoms with van der Waals surface area (Å²) in [5, 5.41) is 2.77. The van der Waals surface area contributed by atoms with Crippen LogP contribution in [0.5, 0.6) is 11.5 Å². The van der Waals surface area contributed by atoms with E-state index in [-0.39, 0.29) is 12.5 Å². The first-order valence-electron chi connectivity index (χ1n) is 6.65. The third kappa shape index (κ3) is 4.72. The smallest absolute Gasteiger partial charge is 0.256 e. The third-order valence-electron chi connectivity index (χ3n) is 2.91. The Kier molecular flexibility index (Phi) is 5.59. The van der Waals surface area contributed by atoms with Gasteiger partial charge in [0.15, 0.2) is 6.61 Å². The molecule has 6 nitrogen and oxygen atoms in total. The molecule has 0 saturated carbocycles. The number of carbonyl (C=O) groups is 2. The predicted octanol–water partition coefficient (Wildman–Crippen LogP) is 2.57. The van der Waals surface area contributed by atoms with Gasteiger partial charge in [0.2, 0.25) is 0 Å². The first-order chi connectivity index (χ1) is 11.0. The van der Waals surface area contributed by atoms with Crippen LogP contribution in [0.25, 0.3) is 0 Å². The molecule has 2 rings (SSSR count). The average Bonchev–Trinajstić information content (AvgIpc) is 2.54. The zero-order valence-electron chi connectivity index (χ0n) is 12.3. The zero-order valence-corrected chi connectivity index (χ0v) is 13.9. The van der Waals surface area contributed by atoms with Gasteiger partial charge in [-0.3, -0.25) is 9.59 Å². The summed E-state index contributed by atoms with van der Waals surface area (Å²) in [6.45, 7) is -0.192. The Balaban J connectivity index is 2.07. The first-order valence-corrected chi connectivity index (χ1v) is 7.45. The summed E-state index contributed by atoms with van der Waals surface area (Å²) in [6.07, 6.45) is 0. The fourth-order valence-corrected chi connectivity index (χ4v) is 2.22. The lowest BCUT2D eigenvalue weighted by Crippen LogP contribution is -2.20. The first kappa shape index (κ1) is 16.8. The molecule has 0 heterocycles. The number of carbonyl (C=O) groups excluding carboxylic acids is 2. The summed E-state index contributed by atoms with van der Waals surface area (Å²) < 4.78 is 10.9. The van der Waals surface area contributed by atoms with E-state index in [1.54, 1.807) is 42.5 Å². The molecule has 0 atom stereocenters. The highest BCUT2D eigenvalue weighted by Crippen LogP contribution is 2.24. The van der Waals surface area contributed by atoms with Crippen molar-refractivity contribution < 1.29 is 19.1 Å². The Bertz CT molecular complexity index is 717. The normalized spacial score (nSPS) is 10.0. The summed E-state index contributed by atoms with van der Waals surface area (Å²) in [6, 6.07) is 11.8. The molecule has 7 heteroatoms. The lowest BCUT2D eigenvalue weighted by atomic mass is 10.2. The van der Waals surface area contributed by atoms with Crippen LogP contribution in [0.2, 0.25) is 0 Å². The van der Waals surface area contributed by atoms with Crippen molar-refractivity contribution >= 4 is 33.4 Å². The van der Waals surface area contributed by atoms with Gasteiger partial charge in [0.1, 0.15) is 11.5 Å². The molecular formula is C16H15BrN2O4. The number of rotatable bonds is 6. The van der Waals surface area contributed by atoms with Crippen molar-refractivity contribution in [3.8, 4) is 11.5 Å². The van der Waals surface area contributed by atoms with Gasteiger partial charge in [-0.2, -0.15) is 0 Å². The molecule has 23 heavy (non-hydrogen) atoms. The molecule has 0 aliphatic carbocycles. The van der Waals surface area contributed by atoms with Gasteiger partial charge in [0.25, 0.3) is 11.8 Å². The van der Waals surface area contributed by atoms with Crippen LogP contribution in [0.1, 0.15) is 10.4 Å². The van der Waals surface area contributed by atoms with Crippen molar-refractivity contribution in [3.05, 3.63) is 52.5 Å². The highest BCUT2D eigenvalue weighted by molar-refractivity contribution is 9.10. The highest BCUT2D eigenvalue weighted by Gasteiger charge is 2.12. The maximum absolute atomic E-state index is 12.3. The SMILES string of the molecule is COc1ccc(Br)c(C(=O)Nc2ccc(OCC(N)=O)cc2)c1. The van der Waals surface area contributed by atoms with Gasteiger partial charge < -0.3 is 20.5 Å². The van der Waals surface area contributed by atoms with Crippen molar-refractivity contribution in [1.82, 2.24) is 0 Å². The molecule has 0 saturated heterocycles. The van der Waals surface area contributed by atoms with Crippen LogP contribution >= 0.6 is 15.9 Å². The largest absolute Gasteiger partial charge is 0.497 e. The monoisotopic (exact) mass is 378 g/mol. The molecule has 2 amide bonds. The van der Waals surface area contributed by atoms with Gasteiger partial charge in [-0.25, -0.2) is 0 Å². The Hall–Kier alpha value is -2.54. The van der Waals surface area contributed by atoms with Crippen molar-refractivity contribution in [2.75, 3.05) is 19.0 Å². The van der Waals surface area contributed by atoms with E-state index in [2.05, 4.69) is 21.2 Å². The van der Waals surface area contributed by atoms with E-state index in [1.807, 2.05) is 0 Å². The fraction of sp³-hybridized carbons (Fsp3) is 0.125. The van der Waals surface area contributed by atoms with Crippen LogP contribution in [-0.4, -0.2) is 25.5 Å². The average molecular weight is 379 g/mol. The summed E-state index contributed by atoms with van der Waals surface area (Å²) in [7, 11) is 1.54. The molecule has 3 N–H and O–H groups in total. The molecule has 2 aromatic carbocycles. The fourth-order valence-electron chi connectivity index (χ4n) is 1.79. The number of nitrogens with two attached hydrogens (primary N) is 1. The second kappa shape index (κ2) is 7.64. The van der Waals surface area contributed by atoms with Crippen molar-refractivity contribution in [3.63, 3.8) is 0 Å². The predicted molar refractivity (Wildman–Crippen MR) is 89.8 cm³/mol. The summed E-state index contributed by atoms with van der Waals surface area (Å²) in [4.78, 5) is 23.0. The number of hydrogen-bond donors (Lipinski definition) is 2. The summed E-state index contributed by atoms with van der Waals surface area (Å²) in [5.41, 5.74) is 6.05. The minimum absolute atomic E-state index is 0.192. The van der Waals surface area contributed by atoms with E-state index >= 15 is 0 Å². The van der Waals surface area contributed by atoms with Crippen LogP contribution in [0.15, 0.2) is 46.9 Å². The van der Waals surface area contributed by atoms with Crippen LogP contribution in [0, 0.1) is 0 Å². The van der Waals surface area contributed by atoms with E-state index in [0.717, 1.165) is 0 Å².